The number of rotatable bonds is 3. The predicted octanol–water partition coefficient (Wildman–Crippen LogP) is 0.796. The second kappa shape index (κ2) is 3.98. The molecule has 0 aromatic heterocycles. The summed E-state index contributed by atoms with van der Waals surface area (Å²) >= 11 is 0. The largest absolute Gasteiger partial charge is 0.508 e. The molecule has 0 aliphatic carbocycles. The van der Waals surface area contributed by atoms with Crippen molar-refractivity contribution in [1.29, 1.82) is 0 Å². The maximum Gasteiger partial charge on any atom is 0.120 e. The maximum absolute atomic E-state index is 9.52. The number of benzene rings is 1. The van der Waals surface area contributed by atoms with Crippen LogP contribution in [0.5, 0.6) is 5.75 Å². The highest BCUT2D eigenvalue weighted by molar-refractivity contribution is 5.31. The van der Waals surface area contributed by atoms with E-state index >= 15 is 0 Å². The minimum absolute atomic E-state index is 0.382. The molecule has 3 nitrogen and oxygen atoms in total. The van der Waals surface area contributed by atoms with Gasteiger partial charge in [-0.15, -0.1) is 0 Å². The van der Waals surface area contributed by atoms with Crippen LogP contribution in [0.2, 0.25) is 0 Å². The first-order valence-corrected chi connectivity index (χ1v) is 4.94. The molecular weight excluding hydrogens is 176 g/mol. The van der Waals surface area contributed by atoms with Crippen molar-refractivity contribution >= 4 is 0 Å². The number of hydrogen-bond donors (Lipinski definition) is 2. The molecular formula is C11H16N2O. The predicted molar refractivity (Wildman–Crippen MR) is 56.2 cm³/mol. The van der Waals surface area contributed by atoms with Crippen molar-refractivity contribution in [2.24, 2.45) is 0 Å². The Hall–Kier alpha value is -1.06. The molecule has 0 amide bonds. The van der Waals surface area contributed by atoms with Crippen LogP contribution in [0.4, 0.5) is 0 Å². The number of likely N-dealkylation sites (tertiary alicyclic amines) is 1. The second-order valence-corrected chi connectivity index (χ2v) is 3.93. The van der Waals surface area contributed by atoms with Gasteiger partial charge in [-0.2, -0.15) is 0 Å². The Balaban J connectivity index is 1.83. The smallest absolute Gasteiger partial charge is 0.120 e. The summed E-state index contributed by atoms with van der Waals surface area (Å²) in [7, 11) is 2.11. The molecule has 1 heterocycles. The number of nitrogens with zero attached hydrogens (tertiary/aromatic N) is 1. The molecule has 0 atom stereocenters. The van der Waals surface area contributed by atoms with Crippen molar-refractivity contribution in [2.45, 2.75) is 12.6 Å². The van der Waals surface area contributed by atoms with E-state index in [4.69, 9.17) is 0 Å². The number of phenols is 1. The Morgan fingerprint density at radius 3 is 2.79 bits per heavy atom. The lowest BCUT2D eigenvalue weighted by atomic mass is 10.1. The summed E-state index contributed by atoms with van der Waals surface area (Å²) in [4.78, 5) is 2.27. The van der Waals surface area contributed by atoms with Gasteiger partial charge in [0.1, 0.15) is 5.75 Å². The van der Waals surface area contributed by atoms with E-state index in [1.54, 1.807) is 6.07 Å². The number of likely N-dealkylation sites (N-methyl/N-ethyl adjacent to an activating group) is 1. The van der Waals surface area contributed by atoms with Gasteiger partial charge < -0.3 is 15.3 Å². The van der Waals surface area contributed by atoms with Gasteiger partial charge in [0.15, 0.2) is 0 Å². The van der Waals surface area contributed by atoms with Crippen LogP contribution in [-0.2, 0) is 6.54 Å². The van der Waals surface area contributed by atoms with Gasteiger partial charge in [0, 0.05) is 31.2 Å². The van der Waals surface area contributed by atoms with E-state index in [1.807, 2.05) is 18.2 Å². The van der Waals surface area contributed by atoms with E-state index in [0.717, 1.165) is 25.2 Å². The van der Waals surface area contributed by atoms with Gasteiger partial charge in [-0.05, 0) is 13.1 Å². The van der Waals surface area contributed by atoms with Crippen molar-refractivity contribution in [2.75, 3.05) is 20.1 Å². The number of para-hydroxylation sites is 1. The number of aromatic hydroxyl groups is 1. The lowest BCUT2D eigenvalue weighted by Gasteiger charge is -2.36. The molecule has 1 aromatic rings. The van der Waals surface area contributed by atoms with Crippen LogP contribution in [0.3, 0.4) is 0 Å². The average Bonchev–Trinajstić information content (AvgIpc) is 2.13. The average molecular weight is 192 g/mol. The Kier molecular flexibility index (Phi) is 2.70. The van der Waals surface area contributed by atoms with Gasteiger partial charge in [0.05, 0.1) is 0 Å². The molecule has 0 bridgehead atoms. The van der Waals surface area contributed by atoms with Crippen LogP contribution >= 0.6 is 0 Å². The monoisotopic (exact) mass is 192 g/mol. The highest BCUT2D eigenvalue weighted by atomic mass is 16.3. The van der Waals surface area contributed by atoms with Crippen LogP contribution in [0.1, 0.15) is 5.56 Å². The van der Waals surface area contributed by atoms with Crippen LogP contribution in [0, 0.1) is 0 Å². The second-order valence-electron chi connectivity index (χ2n) is 3.93. The summed E-state index contributed by atoms with van der Waals surface area (Å²) in [6.07, 6.45) is 0. The summed E-state index contributed by atoms with van der Waals surface area (Å²) in [5, 5.41) is 12.9. The Morgan fingerprint density at radius 1 is 1.43 bits per heavy atom. The molecule has 1 aliphatic rings. The van der Waals surface area contributed by atoms with Gasteiger partial charge in [-0.25, -0.2) is 0 Å². The van der Waals surface area contributed by atoms with Crippen LogP contribution < -0.4 is 5.32 Å². The number of nitrogens with one attached hydrogen (secondary N) is 1. The molecule has 2 N–H and O–H groups in total. The third-order valence-corrected chi connectivity index (χ3v) is 2.64. The maximum atomic E-state index is 9.52. The van der Waals surface area contributed by atoms with Crippen molar-refractivity contribution < 1.29 is 5.11 Å². The summed E-state index contributed by atoms with van der Waals surface area (Å²) in [5.41, 5.74) is 0.974. The van der Waals surface area contributed by atoms with Crippen molar-refractivity contribution in [1.82, 2.24) is 10.2 Å². The number of phenolic OH excluding ortho intramolecular Hbond substituents is 1. The fourth-order valence-corrected chi connectivity index (χ4v) is 1.74. The van der Waals surface area contributed by atoms with Gasteiger partial charge in [0.2, 0.25) is 0 Å². The van der Waals surface area contributed by atoms with Crippen LogP contribution in [-0.4, -0.2) is 36.2 Å². The molecule has 0 saturated carbocycles. The molecule has 3 heteroatoms. The van der Waals surface area contributed by atoms with Gasteiger partial charge in [0.25, 0.3) is 0 Å². The molecule has 0 unspecified atom stereocenters. The molecule has 1 saturated heterocycles. The molecule has 14 heavy (non-hydrogen) atoms. The highest BCUT2D eigenvalue weighted by Gasteiger charge is 2.22. The Bertz CT molecular complexity index is 308. The molecule has 0 radical (unpaired) electrons. The first kappa shape index (κ1) is 9.49. The zero-order chi connectivity index (χ0) is 9.97. The topological polar surface area (TPSA) is 35.5 Å². The van der Waals surface area contributed by atoms with E-state index in [9.17, 15) is 5.11 Å². The summed E-state index contributed by atoms with van der Waals surface area (Å²) in [5.74, 6) is 0.382. The lowest BCUT2D eigenvalue weighted by Crippen LogP contribution is -2.55. The first-order valence-electron chi connectivity index (χ1n) is 4.94. The van der Waals surface area contributed by atoms with Gasteiger partial charge >= 0.3 is 0 Å². The van der Waals surface area contributed by atoms with E-state index < -0.39 is 0 Å². The molecule has 1 aromatic carbocycles. The van der Waals surface area contributed by atoms with Gasteiger partial charge in [-0.1, -0.05) is 18.2 Å². The van der Waals surface area contributed by atoms with E-state index in [0.29, 0.717) is 11.8 Å². The van der Waals surface area contributed by atoms with Gasteiger partial charge in [-0.3, -0.25) is 0 Å². The molecule has 1 fully saturated rings. The SMILES string of the molecule is CN1CC(NCc2ccccc2O)C1. The quantitative estimate of drug-likeness (QED) is 0.743. The third-order valence-electron chi connectivity index (χ3n) is 2.64. The normalized spacial score (nSPS) is 18.1. The van der Waals surface area contributed by atoms with E-state index in [1.165, 1.54) is 0 Å². The molecule has 0 spiro atoms. The van der Waals surface area contributed by atoms with Crippen molar-refractivity contribution in [3.05, 3.63) is 29.8 Å². The Morgan fingerprint density at radius 2 is 2.14 bits per heavy atom. The fourth-order valence-electron chi connectivity index (χ4n) is 1.74. The van der Waals surface area contributed by atoms with Crippen LogP contribution in [0.15, 0.2) is 24.3 Å². The van der Waals surface area contributed by atoms with E-state index in [2.05, 4.69) is 17.3 Å². The van der Waals surface area contributed by atoms with E-state index in [-0.39, 0.29) is 0 Å². The summed E-state index contributed by atoms with van der Waals surface area (Å²) in [6.45, 7) is 2.96. The lowest BCUT2D eigenvalue weighted by molar-refractivity contribution is 0.161. The first-order chi connectivity index (χ1) is 6.75. The van der Waals surface area contributed by atoms with Crippen molar-refractivity contribution in [3.8, 4) is 5.75 Å². The molecule has 1 aliphatic heterocycles. The molecule has 76 valence electrons. The zero-order valence-electron chi connectivity index (χ0n) is 8.40. The standard InChI is InChI=1S/C11H16N2O/c1-13-7-10(8-13)12-6-9-4-2-3-5-11(9)14/h2-5,10,12,14H,6-8H2,1H3. The van der Waals surface area contributed by atoms with Crippen molar-refractivity contribution in [3.63, 3.8) is 0 Å². The summed E-state index contributed by atoms with van der Waals surface area (Å²) in [6, 6.07) is 8.05. The Labute approximate surface area is 84.4 Å². The highest BCUT2D eigenvalue weighted by Crippen LogP contribution is 2.15. The minimum Gasteiger partial charge on any atom is -0.508 e. The van der Waals surface area contributed by atoms with Crippen LogP contribution in [0.25, 0.3) is 0 Å². The third kappa shape index (κ3) is 2.05. The molecule has 2 rings (SSSR count). The number of hydrogen-bond acceptors (Lipinski definition) is 3. The minimum atomic E-state index is 0.382. The fraction of sp³-hybridized carbons (Fsp3) is 0.455. The zero-order valence-corrected chi connectivity index (χ0v) is 8.40. The summed E-state index contributed by atoms with van der Waals surface area (Å²) < 4.78 is 0.